The van der Waals surface area contributed by atoms with E-state index in [1.54, 1.807) is 26.0 Å². The van der Waals surface area contributed by atoms with Crippen molar-refractivity contribution in [1.29, 1.82) is 0 Å². The molecule has 2 aromatic rings. The van der Waals surface area contributed by atoms with Gasteiger partial charge in [0.15, 0.2) is 24.1 Å². The molecule has 2 aliphatic rings. The third kappa shape index (κ3) is 5.46. The number of hydrogen-bond donors (Lipinski definition) is 5. The van der Waals surface area contributed by atoms with Crippen molar-refractivity contribution in [3.63, 3.8) is 0 Å². The summed E-state index contributed by atoms with van der Waals surface area (Å²) in [6, 6.07) is 3.97. The molecule has 12 nitrogen and oxygen atoms in total. The number of carbonyl (C=O) groups is 3. The standard InChI is InChI=1S/C29H35NO11/c1-13-15(6-5-7-19(13)39-4)26(34)24-17(11-31)28(36)23-16(27(24)35)9-29(37,21(32)12-38-3)10-20(23)41-22-8-18(30)25(33)14(2)40-22/h5-7,11,14,18,20,22,25,33,35-37H,8-10,12,30H2,1-4H3. The molecule has 0 spiro atoms. The Morgan fingerprint density at radius 2 is 1.93 bits per heavy atom. The Morgan fingerprint density at radius 1 is 1.22 bits per heavy atom. The highest BCUT2D eigenvalue weighted by atomic mass is 16.7. The summed E-state index contributed by atoms with van der Waals surface area (Å²) in [5.74, 6) is -2.44. The first-order chi connectivity index (χ1) is 19.4. The molecule has 0 saturated carbocycles. The third-order valence-electron chi connectivity index (χ3n) is 7.90. The van der Waals surface area contributed by atoms with Gasteiger partial charge in [-0.15, -0.1) is 0 Å². The minimum absolute atomic E-state index is 0.0424. The summed E-state index contributed by atoms with van der Waals surface area (Å²) in [5, 5.41) is 44.5. The number of phenolic OH excluding ortho intramolecular Hbond substituents is 2. The van der Waals surface area contributed by atoms with Crippen LogP contribution in [0, 0.1) is 6.92 Å². The molecule has 0 aromatic heterocycles. The number of rotatable bonds is 9. The van der Waals surface area contributed by atoms with Gasteiger partial charge in [0.05, 0.1) is 36.5 Å². The maximum Gasteiger partial charge on any atom is 0.198 e. The lowest BCUT2D eigenvalue weighted by atomic mass is 9.73. The Labute approximate surface area is 236 Å². The summed E-state index contributed by atoms with van der Waals surface area (Å²) < 4.78 is 22.0. The van der Waals surface area contributed by atoms with Gasteiger partial charge in [-0.3, -0.25) is 14.4 Å². The summed E-state index contributed by atoms with van der Waals surface area (Å²) >= 11 is 0. The Balaban J connectivity index is 1.88. The van der Waals surface area contributed by atoms with E-state index in [4.69, 9.17) is 24.7 Å². The Bertz CT molecular complexity index is 1350. The first kappa shape index (κ1) is 30.6. The van der Waals surface area contributed by atoms with Gasteiger partial charge in [0.2, 0.25) is 0 Å². The topological polar surface area (TPSA) is 195 Å². The van der Waals surface area contributed by atoms with E-state index in [0.717, 1.165) is 0 Å². The van der Waals surface area contributed by atoms with Crippen molar-refractivity contribution in [2.24, 2.45) is 5.73 Å². The second kappa shape index (κ2) is 11.8. The molecule has 6 N–H and O–H groups in total. The smallest absolute Gasteiger partial charge is 0.198 e. The van der Waals surface area contributed by atoms with Gasteiger partial charge < -0.3 is 45.1 Å². The number of nitrogens with two attached hydrogens (primary N) is 1. The predicted molar refractivity (Wildman–Crippen MR) is 143 cm³/mol. The first-order valence-corrected chi connectivity index (χ1v) is 13.1. The van der Waals surface area contributed by atoms with Crippen LogP contribution in [0.1, 0.15) is 68.8 Å². The molecule has 1 saturated heterocycles. The van der Waals surface area contributed by atoms with Crippen LogP contribution in [0.25, 0.3) is 0 Å². The molecule has 4 rings (SSSR count). The van der Waals surface area contributed by atoms with E-state index in [-0.39, 0.29) is 35.8 Å². The van der Waals surface area contributed by atoms with Crippen molar-refractivity contribution in [1.82, 2.24) is 0 Å². The molecule has 0 amide bonds. The number of fused-ring (bicyclic) bond motifs is 1. The number of carbonyl (C=O) groups excluding carboxylic acids is 3. The summed E-state index contributed by atoms with van der Waals surface area (Å²) in [5.41, 5.74) is 3.23. The van der Waals surface area contributed by atoms with Crippen molar-refractivity contribution in [3.05, 3.63) is 51.6 Å². The van der Waals surface area contributed by atoms with Gasteiger partial charge >= 0.3 is 0 Å². The molecule has 12 heteroatoms. The number of aldehydes is 1. The van der Waals surface area contributed by atoms with Crippen molar-refractivity contribution in [3.8, 4) is 17.2 Å². The molecule has 41 heavy (non-hydrogen) atoms. The van der Waals surface area contributed by atoms with Gasteiger partial charge in [0.25, 0.3) is 0 Å². The molecule has 1 aliphatic carbocycles. The highest BCUT2D eigenvalue weighted by molar-refractivity contribution is 6.16. The molecule has 0 bridgehead atoms. The number of aromatic hydroxyl groups is 2. The van der Waals surface area contributed by atoms with Crippen LogP contribution in [0.15, 0.2) is 18.2 Å². The first-order valence-electron chi connectivity index (χ1n) is 13.1. The third-order valence-corrected chi connectivity index (χ3v) is 7.90. The van der Waals surface area contributed by atoms with E-state index >= 15 is 0 Å². The lowest BCUT2D eigenvalue weighted by Gasteiger charge is -2.42. The number of aliphatic hydroxyl groups is 2. The van der Waals surface area contributed by atoms with Crippen molar-refractivity contribution >= 4 is 17.9 Å². The highest BCUT2D eigenvalue weighted by Gasteiger charge is 2.48. The quantitative estimate of drug-likeness (QED) is 0.164. The second-order valence-corrected chi connectivity index (χ2v) is 10.5. The van der Waals surface area contributed by atoms with Crippen molar-refractivity contribution in [2.75, 3.05) is 20.8 Å². The molecule has 1 heterocycles. The van der Waals surface area contributed by atoms with Crippen LogP contribution < -0.4 is 10.5 Å². The van der Waals surface area contributed by atoms with E-state index in [1.807, 2.05) is 0 Å². The molecular weight excluding hydrogens is 538 g/mol. The summed E-state index contributed by atoms with van der Waals surface area (Å²) in [6.07, 6.45) is -4.57. The molecule has 1 fully saturated rings. The van der Waals surface area contributed by atoms with Gasteiger partial charge in [-0.1, -0.05) is 12.1 Å². The SMILES string of the molecule is COCC(=O)C1(O)Cc2c(O)c(C(=O)c3cccc(OC)c3C)c(C=O)c(O)c2C(OC2CC(N)C(O)C(C)O2)C1. The molecule has 2 aromatic carbocycles. The maximum absolute atomic E-state index is 13.7. The zero-order chi connectivity index (χ0) is 30.2. The average Bonchev–Trinajstić information content (AvgIpc) is 2.93. The van der Waals surface area contributed by atoms with Gasteiger partial charge in [0, 0.05) is 54.7 Å². The Hall–Kier alpha value is -3.39. The second-order valence-electron chi connectivity index (χ2n) is 10.5. The fourth-order valence-electron chi connectivity index (χ4n) is 5.62. The molecule has 0 radical (unpaired) electrons. The van der Waals surface area contributed by atoms with Crippen LogP contribution in [0.4, 0.5) is 0 Å². The number of Topliss-reactive ketones (excluding diaryl/α,β-unsaturated/α-hetero) is 1. The van der Waals surface area contributed by atoms with E-state index in [9.17, 15) is 34.8 Å². The zero-order valence-corrected chi connectivity index (χ0v) is 23.2. The minimum Gasteiger partial charge on any atom is -0.507 e. The monoisotopic (exact) mass is 573 g/mol. The molecule has 222 valence electrons. The number of ether oxygens (including phenoxy) is 4. The highest BCUT2D eigenvalue weighted by Crippen LogP contribution is 2.50. The van der Waals surface area contributed by atoms with Crippen molar-refractivity contribution < 1.29 is 53.8 Å². The number of hydrogen-bond acceptors (Lipinski definition) is 12. The van der Waals surface area contributed by atoms with Gasteiger partial charge in [-0.2, -0.15) is 0 Å². The molecular formula is C29H35NO11. The van der Waals surface area contributed by atoms with E-state index in [1.165, 1.54) is 20.3 Å². The number of methoxy groups -OCH3 is 2. The van der Waals surface area contributed by atoms with E-state index in [2.05, 4.69) is 0 Å². The van der Waals surface area contributed by atoms with Crippen LogP contribution in [0.3, 0.4) is 0 Å². The number of phenols is 2. The van der Waals surface area contributed by atoms with Crippen molar-refractivity contribution in [2.45, 2.75) is 69.4 Å². The van der Waals surface area contributed by atoms with Crippen LogP contribution in [-0.4, -0.2) is 89.2 Å². The Kier molecular flexibility index (Phi) is 8.83. The normalized spacial score (nSPS) is 27.6. The average molecular weight is 574 g/mol. The van der Waals surface area contributed by atoms with E-state index in [0.29, 0.717) is 11.3 Å². The van der Waals surface area contributed by atoms with Crippen LogP contribution in [0.2, 0.25) is 0 Å². The largest absolute Gasteiger partial charge is 0.507 e. The lowest BCUT2D eigenvalue weighted by molar-refractivity contribution is -0.247. The zero-order valence-electron chi connectivity index (χ0n) is 23.2. The predicted octanol–water partition coefficient (Wildman–Crippen LogP) is 1.23. The molecule has 1 aliphatic heterocycles. The number of ketones is 2. The molecule has 6 atom stereocenters. The van der Waals surface area contributed by atoms with E-state index < -0.39 is 83.5 Å². The lowest BCUT2D eigenvalue weighted by Crippen LogP contribution is -2.53. The molecule has 6 unspecified atom stereocenters. The van der Waals surface area contributed by atoms with Gasteiger partial charge in [0.1, 0.15) is 29.5 Å². The van der Waals surface area contributed by atoms with Crippen LogP contribution >= 0.6 is 0 Å². The summed E-state index contributed by atoms with van der Waals surface area (Å²) in [6.45, 7) is 2.76. The van der Waals surface area contributed by atoms with Crippen LogP contribution in [0.5, 0.6) is 17.2 Å². The van der Waals surface area contributed by atoms with Crippen LogP contribution in [-0.2, 0) is 25.4 Å². The minimum atomic E-state index is -2.13. The van der Waals surface area contributed by atoms with Gasteiger partial charge in [-0.05, 0) is 19.9 Å². The number of benzene rings is 2. The Morgan fingerprint density at radius 3 is 2.54 bits per heavy atom. The summed E-state index contributed by atoms with van der Waals surface area (Å²) in [7, 11) is 2.71. The van der Waals surface area contributed by atoms with Gasteiger partial charge in [-0.25, -0.2) is 0 Å². The fourth-order valence-corrected chi connectivity index (χ4v) is 5.62. The fraction of sp³-hybridized carbons (Fsp3) is 0.483. The maximum atomic E-state index is 13.7. The summed E-state index contributed by atoms with van der Waals surface area (Å²) in [4.78, 5) is 39.0. The number of aliphatic hydroxyl groups excluding tert-OH is 1.